The van der Waals surface area contributed by atoms with Crippen molar-refractivity contribution >= 4 is 17.1 Å². The van der Waals surface area contributed by atoms with Gasteiger partial charge in [-0.15, -0.1) is 0 Å². The van der Waals surface area contributed by atoms with Crippen LogP contribution in [-0.2, 0) is 0 Å². The zero-order chi connectivity index (χ0) is 24.5. The third-order valence-electron chi connectivity index (χ3n) is 5.69. The van der Waals surface area contributed by atoms with Gasteiger partial charge in [-0.3, -0.25) is 9.20 Å². The summed E-state index contributed by atoms with van der Waals surface area (Å²) in [5.41, 5.74) is 5.06. The number of rotatable bonds is 7. The van der Waals surface area contributed by atoms with Crippen molar-refractivity contribution in [3.8, 4) is 28.1 Å². The summed E-state index contributed by atoms with van der Waals surface area (Å²) in [5, 5.41) is 13.2. The average Bonchev–Trinajstić information content (AvgIpc) is 3.22. The number of phenolic OH excluding ortho intramolecular Hbond substituents is 1. The van der Waals surface area contributed by atoms with Crippen molar-refractivity contribution in [2.75, 3.05) is 11.9 Å². The van der Waals surface area contributed by atoms with Crippen LogP contribution in [0.5, 0.6) is 5.75 Å². The molecule has 0 saturated heterocycles. The van der Waals surface area contributed by atoms with Crippen LogP contribution in [0.2, 0.25) is 0 Å². The Morgan fingerprint density at radius 1 is 1.12 bits per heavy atom. The molecular weight excluding hydrogens is 443 g/mol. The molecule has 2 N–H and O–H groups in total. The van der Waals surface area contributed by atoms with Crippen LogP contribution >= 0.6 is 0 Å². The number of alkyl halides is 3. The number of fused-ring (bicyclic) bond motifs is 1. The van der Waals surface area contributed by atoms with E-state index in [1.165, 1.54) is 0 Å². The number of carbonyl (C=O) groups is 1. The summed E-state index contributed by atoms with van der Waals surface area (Å²) in [6.45, 7) is 3.37. The average molecular weight is 467 g/mol. The summed E-state index contributed by atoms with van der Waals surface area (Å²) in [4.78, 5) is 16.6. The molecule has 0 atom stereocenters. The maximum Gasteiger partial charge on any atom is 0.390 e. The monoisotopic (exact) mass is 467 g/mol. The molecule has 4 rings (SSSR count). The molecule has 8 heteroatoms. The zero-order valence-corrected chi connectivity index (χ0v) is 18.8. The Labute approximate surface area is 194 Å². The molecule has 0 amide bonds. The smallest absolute Gasteiger partial charge is 0.390 e. The second-order valence-electron chi connectivity index (χ2n) is 8.10. The Balaban J connectivity index is 1.84. The molecule has 2 aromatic carbocycles. The third kappa shape index (κ3) is 4.76. The van der Waals surface area contributed by atoms with Crippen molar-refractivity contribution in [2.45, 2.75) is 32.9 Å². The van der Waals surface area contributed by atoms with Crippen LogP contribution < -0.4 is 5.32 Å². The Hall–Kier alpha value is -3.81. The van der Waals surface area contributed by atoms with Gasteiger partial charge in [-0.05, 0) is 30.7 Å². The maximum atomic E-state index is 12.7. The molecule has 0 radical (unpaired) electrons. The SMILES string of the molecule is CCC(=O)c1ccc(-c2cnc3c(NCCC(F)(F)F)cc(-c4ccccc4O)cn23)cc1C. The molecule has 2 heterocycles. The second kappa shape index (κ2) is 9.21. The fourth-order valence-electron chi connectivity index (χ4n) is 3.96. The molecule has 0 saturated carbocycles. The first-order valence-corrected chi connectivity index (χ1v) is 10.9. The normalized spacial score (nSPS) is 11.7. The molecule has 5 nitrogen and oxygen atoms in total. The number of nitrogens with one attached hydrogen (secondary N) is 1. The van der Waals surface area contributed by atoms with Gasteiger partial charge in [0, 0.05) is 41.4 Å². The van der Waals surface area contributed by atoms with E-state index in [2.05, 4.69) is 10.3 Å². The van der Waals surface area contributed by atoms with Crippen molar-refractivity contribution in [1.29, 1.82) is 0 Å². The van der Waals surface area contributed by atoms with Crippen molar-refractivity contribution < 1.29 is 23.1 Å². The van der Waals surface area contributed by atoms with E-state index in [-0.39, 0.29) is 18.1 Å². The first-order valence-electron chi connectivity index (χ1n) is 10.9. The Bertz CT molecular complexity index is 1360. The minimum atomic E-state index is -4.28. The van der Waals surface area contributed by atoms with Gasteiger partial charge in [0.15, 0.2) is 11.4 Å². The maximum absolute atomic E-state index is 12.7. The third-order valence-corrected chi connectivity index (χ3v) is 5.69. The van der Waals surface area contributed by atoms with Gasteiger partial charge >= 0.3 is 6.18 Å². The van der Waals surface area contributed by atoms with Gasteiger partial charge in [0.1, 0.15) is 5.75 Å². The lowest BCUT2D eigenvalue weighted by molar-refractivity contribution is -0.131. The van der Waals surface area contributed by atoms with E-state index in [4.69, 9.17) is 0 Å². The van der Waals surface area contributed by atoms with Crippen LogP contribution in [0.3, 0.4) is 0 Å². The number of para-hydroxylation sites is 1. The molecule has 0 spiro atoms. The van der Waals surface area contributed by atoms with E-state index < -0.39 is 12.6 Å². The van der Waals surface area contributed by atoms with Crippen LogP contribution in [0, 0.1) is 6.92 Å². The molecule has 2 aromatic heterocycles. The summed E-state index contributed by atoms with van der Waals surface area (Å²) < 4.78 is 40.0. The first kappa shape index (κ1) is 23.4. The van der Waals surface area contributed by atoms with Crippen molar-refractivity contribution in [1.82, 2.24) is 9.38 Å². The highest BCUT2D eigenvalue weighted by molar-refractivity contribution is 5.97. The van der Waals surface area contributed by atoms with Crippen LogP contribution in [0.4, 0.5) is 18.9 Å². The molecule has 0 bridgehead atoms. The number of phenols is 1. The van der Waals surface area contributed by atoms with E-state index >= 15 is 0 Å². The fraction of sp³-hybridized carbons (Fsp3) is 0.231. The first-order chi connectivity index (χ1) is 16.2. The number of ketones is 1. The lowest BCUT2D eigenvalue weighted by atomic mass is 9.99. The standard InChI is InChI=1S/C26H24F3N3O2/c1-3-23(33)19-9-8-17(12-16(19)2)22-14-31-25-21(30-11-10-26(27,28)29)13-18(15-32(22)25)20-6-4-5-7-24(20)34/h4-9,12-15,30,34H,3,10-11H2,1-2H3. The lowest BCUT2D eigenvalue weighted by Gasteiger charge is -2.14. The highest BCUT2D eigenvalue weighted by atomic mass is 19.4. The Morgan fingerprint density at radius 3 is 2.56 bits per heavy atom. The topological polar surface area (TPSA) is 66.6 Å². The molecule has 0 aliphatic rings. The van der Waals surface area contributed by atoms with Gasteiger partial charge < -0.3 is 10.4 Å². The van der Waals surface area contributed by atoms with E-state index in [1.54, 1.807) is 53.2 Å². The molecule has 0 aliphatic heterocycles. The number of halogens is 3. The number of aromatic nitrogens is 2. The number of pyridine rings is 1. The summed E-state index contributed by atoms with van der Waals surface area (Å²) in [6.07, 6.45) is -1.42. The Kier molecular flexibility index (Phi) is 6.32. The molecule has 0 aliphatic carbocycles. The number of hydrogen-bond acceptors (Lipinski definition) is 4. The number of hydrogen-bond donors (Lipinski definition) is 2. The molecule has 0 fully saturated rings. The van der Waals surface area contributed by atoms with Crippen LogP contribution in [0.15, 0.2) is 60.9 Å². The number of nitrogens with zero attached hydrogens (tertiary/aromatic N) is 2. The van der Waals surface area contributed by atoms with Gasteiger partial charge in [-0.1, -0.05) is 37.3 Å². The number of aromatic hydroxyl groups is 1. The van der Waals surface area contributed by atoms with E-state index in [0.717, 1.165) is 11.1 Å². The van der Waals surface area contributed by atoms with Crippen LogP contribution in [0.1, 0.15) is 35.7 Å². The molecule has 176 valence electrons. The van der Waals surface area contributed by atoms with E-state index in [1.807, 2.05) is 26.0 Å². The number of benzene rings is 2. The summed E-state index contributed by atoms with van der Waals surface area (Å²) in [6, 6.07) is 14.0. The number of Topliss-reactive ketones (excluding diaryl/α,β-unsaturated/α-hetero) is 1. The van der Waals surface area contributed by atoms with Gasteiger partial charge in [0.05, 0.1) is 24.0 Å². The summed E-state index contributed by atoms with van der Waals surface area (Å²) in [7, 11) is 0. The van der Waals surface area contributed by atoms with Crippen molar-refractivity contribution in [3.05, 3.63) is 72.1 Å². The number of imidazole rings is 1. The molecular formula is C26H24F3N3O2. The van der Waals surface area contributed by atoms with E-state index in [9.17, 15) is 23.1 Å². The second-order valence-corrected chi connectivity index (χ2v) is 8.10. The molecule has 0 unspecified atom stereocenters. The quantitative estimate of drug-likeness (QED) is 0.299. The van der Waals surface area contributed by atoms with Crippen molar-refractivity contribution in [2.24, 2.45) is 0 Å². The number of carbonyl (C=O) groups excluding carboxylic acids is 1. The predicted molar refractivity (Wildman–Crippen MR) is 126 cm³/mol. The molecule has 4 aromatic rings. The minimum Gasteiger partial charge on any atom is -0.507 e. The van der Waals surface area contributed by atoms with E-state index in [0.29, 0.717) is 40.1 Å². The largest absolute Gasteiger partial charge is 0.507 e. The van der Waals surface area contributed by atoms with Crippen molar-refractivity contribution in [3.63, 3.8) is 0 Å². The lowest BCUT2D eigenvalue weighted by Crippen LogP contribution is -2.15. The molecule has 34 heavy (non-hydrogen) atoms. The van der Waals surface area contributed by atoms with Gasteiger partial charge in [-0.2, -0.15) is 13.2 Å². The van der Waals surface area contributed by atoms with Gasteiger partial charge in [0.2, 0.25) is 0 Å². The van der Waals surface area contributed by atoms with Crippen LogP contribution in [-0.4, -0.2) is 33.0 Å². The number of anilines is 1. The van der Waals surface area contributed by atoms with Gasteiger partial charge in [0.25, 0.3) is 0 Å². The predicted octanol–water partition coefficient (Wildman–Crippen LogP) is 6.64. The summed E-state index contributed by atoms with van der Waals surface area (Å²) >= 11 is 0. The fourth-order valence-corrected chi connectivity index (χ4v) is 3.96. The number of aryl methyl sites for hydroxylation is 1. The van der Waals surface area contributed by atoms with Gasteiger partial charge in [-0.25, -0.2) is 4.98 Å². The highest BCUT2D eigenvalue weighted by Crippen LogP contribution is 2.34. The highest BCUT2D eigenvalue weighted by Gasteiger charge is 2.26. The Morgan fingerprint density at radius 2 is 1.88 bits per heavy atom. The minimum absolute atomic E-state index is 0.0557. The summed E-state index contributed by atoms with van der Waals surface area (Å²) in [5.74, 6) is 0.114. The van der Waals surface area contributed by atoms with Crippen LogP contribution in [0.25, 0.3) is 28.0 Å². The zero-order valence-electron chi connectivity index (χ0n) is 18.8.